The van der Waals surface area contributed by atoms with Crippen LogP contribution in [0.25, 0.3) is 22.3 Å². The number of aryl methyl sites for hydroxylation is 1. The zero-order valence-electron chi connectivity index (χ0n) is 18.5. The molecular weight excluding hydrogens is 431 g/mol. The van der Waals surface area contributed by atoms with Gasteiger partial charge < -0.3 is 4.90 Å². The van der Waals surface area contributed by atoms with Crippen molar-refractivity contribution in [2.45, 2.75) is 39.2 Å². The molecule has 1 atom stereocenters. The molecule has 1 unspecified atom stereocenters. The highest BCUT2D eigenvalue weighted by Gasteiger charge is 2.33. The lowest BCUT2D eigenvalue weighted by atomic mass is 10.0. The number of hydrogen-bond acceptors (Lipinski definition) is 5. The van der Waals surface area contributed by atoms with Crippen LogP contribution in [0.4, 0.5) is 4.39 Å². The molecule has 0 aliphatic carbocycles. The van der Waals surface area contributed by atoms with Crippen molar-refractivity contribution in [3.05, 3.63) is 47.4 Å². The van der Waals surface area contributed by atoms with E-state index in [1.807, 2.05) is 0 Å². The number of fused-ring (bicyclic) bond motifs is 1. The first kappa shape index (κ1) is 22.4. The van der Waals surface area contributed by atoms with Crippen LogP contribution < -0.4 is 0 Å². The highest BCUT2D eigenvalue weighted by Crippen LogP contribution is 2.33. The Hall–Kier alpha value is -2.81. The van der Waals surface area contributed by atoms with E-state index in [-0.39, 0.29) is 29.0 Å². The molecule has 7 nitrogen and oxygen atoms in total. The Morgan fingerprint density at radius 3 is 2.72 bits per heavy atom. The van der Waals surface area contributed by atoms with Crippen LogP contribution in [0.2, 0.25) is 0 Å². The topological polar surface area (TPSA) is 85.2 Å². The number of benzene rings is 1. The number of sulfone groups is 1. The van der Waals surface area contributed by atoms with Crippen LogP contribution in [0.5, 0.6) is 0 Å². The van der Waals surface area contributed by atoms with E-state index < -0.39 is 15.7 Å². The summed E-state index contributed by atoms with van der Waals surface area (Å²) in [6.07, 6.45) is 2.26. The molecule has 1 aromatic carbocycles. The highest BCUT2D eigenvalue weighted by atomic mass is 32.2. The van der Waals surface area contributed by atoms with E-state index >= 15 is 0 Å². The number of halogens is 1. The second-order valence-electron chi connectivity index (χ2n) is 8.40. The lowest BCUT2D eigenvalue weighted by molar-refractivity contribution is 0.0795. The number of nitrogens with zero attached hydrogens (tertiary/aromatic N) is 4. The minimum absolute atomic E-state index is 0.0193. The van der Waals surface area contributed by atoms with Crippen LogP contribution in [-0.4, -0.2) is 59.1 Å². The average molecular weight is 459 g/mol. The summed E-state index contributed by atoms with van der Waals surface area (Å²) in [5, 5.41) is 5.17. The molecule has 9 heteroatoms. The predicted molar refractivity (Wildman–Crippen MR) is 122 cm³/mol. The molecule has 0 radical (unpaired) electrons. The summed E-state index contributed by atoms with van der Waals surface area (Å²) in [6, 6.07) is 7.54. The Bertz CT molecular complexity index is 1290. The molecule has 0 bridgehead atoms. The van der Waals surface area contributed by atoms with Crippen LogP contribution in [0.15, 0.2) is 30.3 Å². The third-order valence-corrected chi connectivity index (χ3v) is 7.72. The van der Waals surface area contributed by atoms with Gasteiger partial charge in [0, 0.05) is 19.2 Å². The molecule has 0 N–H and O–H groups in total. The van der Waals surface area contributed by atoms with Gasteiger partial charge in [0.2, 0.25) is 0 Å². The van der Waals surface area contributed by atoms with Crippen molar-refractivity contribution in [3.8, 4) is 11.3 Å². The smallest absolute Gasteiger partial charge is 0.254 e. The summed E-state index contributed by atoms with van der Waals surface area (Å²) >= 11 is 0. The summed E-state index contributed by atoms with van der Waals surface area (Å²) in [4.78, 5) is 19.7. The van der Waals surface area contributed by atoms with Gasteiger partial charge in [0.05, 0.1) is 39.9 Å². The molecule has 4 rings (SSSR count). The summed E-state index contributed by atoms with van der Waals surface area (Å²) in [5.41, 5.74) is 2.02. The van der Waals surface area contributed by atoms with Crippen molar-refractivity contribution in [1.82, 2.24) is 19.7 Å². The molecule has 1 fully saturated rings. The minimum atomic E-state index is -3.15. The fraction of sp³-hybridized carbons (Fsp3) is 0.435. The summed E-state index contributed by atoms with van der Waals surface area (Å²) in [7, 11) is -1.40. The monoisotopic (exact) mass is 458 g/mol. The predicted octanol–water partition coefficient (Wildman–Crippen LogP) is 3.78. The molecular formula is C23H27FN4O3S. The summed E-state index contributed by atoms with van der Waals surface area (Å²) in [6.45, 7) is 4.45. The Kier molecular flexibility index (Phi) is 6.03. The number of hydrogen-bond donors (Lipinski definition) is 0. The van der Waals surface area contributed by atoms with Crippen molar-refractivity contribution < 1.29 is 17.6 Å². The number of aromatic nitrogens is 3. The normalized spacial score (nSPS) is 17.7. The van der Waals surface area contributed by atoms with Gasteiger partial charge in [-0.25, -0.2) is 22.5 Å². The van der Waals surface area contributed by atoms with Gasteiger partial charge in [-0.15, -0.1) is 0 Å². The zero-order valence-corrected chi connectivity index (χ0v) is 19.3. The molecule has 1 aliphatic heterocycles. The standard InChI is InChI=1S/C23H27FN4O3S/c1-4-5-11-27(3)23(29)18-13-20(17-8-6-7-9-19(17)24)25-22-21(18)15(2)26-28(22)16-10-12-32(30,31)14-16/h6-9,13,16H,4-5,10-12,14H2,1-3H3. The lowest BCUT2D eigenvalue weighted by Crippen LogP contribution is -2.28. The first-order chi connectivity index (χ1) is 15.2. The van der Waals surface area contributed by atoms with Crippen LogP contribution in [0.3, 0.4) is 0 Å². The summed E-state index contributed by atoms with van der Waals surface area (Å²) < 4.78 is 40.4. The highest BCUT2D eigenvalue weighted by molar-refractivity contribution is 7.91. The molecule has 0 saturated carbocycles. The van der Waals surface area contributed by atoms with Crippen LogP contribution in [0, 0.1) is 12.7 Å². The maximum Gasteiger partial charge on any atom is 0.254 e. The third kappa shape index (κ3) is 4.13. The average Bonchev–Trinajstić information content (AvgIpc) is 3.30. The van der Waals surface area contributed by atoms with Crippen molar-refractivity contribution in [2.24, 2.45) is 0 Å². The van der Waals surface area contributed by atoms with Crippen LogP contribution >= 0.6 is 0 Å². The van der Waals surface area contributed by atoms with Gasteiger partial charge in [-0.05, 0) is 38.0 Å². The fourth-order valence-corrected chi connectivity index (χ4v) is 5.91. The van der Waals surface area contributed by atoms with Crippen LogP contribution in [0.1, 0.15) is 48.3 Å². The number of rotatable bonds is 6. The van der Waals surface area contributed by atoms with E-state index in [1.54, 1.807) is 47.8 Å². The number of pyridine rings is 1. The van der Waals surface area contributed by atoms with Gasteiger partial charge in [0.1, 0.15) is 5.82 Å². The molecule has 3 heterocycles. The van der Waals surface area contributed by atoms with E-state index in [0.29, 0.717) is 41.0 Å². The first-order valence-corrected chi connectivity index (χ1v) is 12.6. The number of amides is 1. The van der Waals surface area contributed by atoms with Gasteiger partial charge in [-0.3, -0.25) is 4.79 Å². The molecule has 3 aromatic rings. The number of carbonyl (C=O) groups excluding carboxylic acids is 1. The summed E-state index contributed by atoms with van der Waals surface area (Å²) in [5.74, 6) is -0.557. The maximum absolute atomic E-state index is 14.6. The Balaban J connectivity index is 1.93. The molecule has 32 heavy (non-hydrogen) atoms. The molecule has 1 amide bonds. The molecule has 2 aromatic heterocycles. The molecule has 1 aliphatic rings. The lowest BCUT2D eigenvalue weighted by Gasteiger charge is -2.18. The van der Waals surface area contributed by atoms with Crippen molar-refractivity contribution in [3.63, 3.8) is 0 Å². The van der Waals surface area contributed by atoms with Crippen molar-refractivity contribution >= 4 is 26.8 Å². The zero-order chi connectivity index (χ0) is 23.0. The van der Waals surface area contributed by atoms with Gasteiger partial charge in [-0.2, -0.15) is 5.10 Å². The van der Waals surface area contributed by atoms with Crippen LogP contribution in [-0.2, 0) is 9.84 Å². The maximum atomic E-state index is 14.6. The SMILES string of the molecule is CCCCN(C)C(=O)c1cc(-c2ccccc2F)nc2c1c(C)nn2C1CCS(=O)(=O)C1. The van der Waals surface area contributed by atoms with E-state index in [0.717, 1.165) is 12.8 Å². The largest absolute Gasteiger partial charge is 0.342 e. The van der Waals surface area contributed by atoms with Gasteiger partial charge in [0.25, 0.3) is 5.91 Å². The van der Waals surface area contributed by atoms with E-state index in [2.05, 4.69) is 17.0 Å². The molecule has 170 valence electrons. The second kappa shape index (κ2) is 8.61. The van der Waals surface area contributed by atoms with E-state index in [9.17, 15) is 17.6 Å². The van der Waals surface area contributed by atoms with Gasteiger partial charge in [-0.1, -0.05) is 25.5 Å². The Morgan fingerprint density at radius 1 is 1.31 bits per heavy atom. The molecule has 1 saturated heterocycles. The Morgan fingerprint density at radius 2 is 2.06 bits per heavy atom. The number of carbonyl (C=O) groups is 1. The van der Waals surface area contributed by atoms with Crippen molar-refractivity contribution in [2.75, 3.05) is 25.1 Å². The van der Waals surface area contributed by atoms with Gasteiger partial charge >= 0.3 is 0 Å². The number of unbranched alkanes of at least 4 members (excludes halogenated alkanes) is 1. The van der Waals surface area contributed by atoms with E-state index in [1.165, 1.54) is 6.07 Å². The second-order valence-corrected chi connectivity index (χ2v) is 10.6. The third-order valence-electron chi connectivity index (χ3n) is 5.97. The first-order valence-electron chi connectivity index (χ1n) is 10.8. The Labute approximate surface area is 187 Å². The van der Waals surface area contributed by atoms with E-state index in [4.69, 9.17) is 0 Å². The van der Waals surface area contributed by atoms with Gasteiger partial charge in [0.15, 0.2) is 15.5 Å². The quantitative estimate of drug-likeness (QED) is 0.561. The molecule has 0 spiro atoms. The minimum Gasteiger partial charge on any atom is -0.342 e. The fourth-order valence-electron chi connectivity index (χ4n) is 4.21. The van der Waals surface area contributed by atoms with Crippen molar-refractivity contribution in [1.29, 1.82) is 0 Å².